The summed E-state index contributed by atoms with van der Waals surface area (Å²) in [5, 5.41) is 0. The van der Waals surface area contributed by atoms with Gasteiger partial charge in [-0.25, -0.2) is 0 Å². The molecule has 0 radical (unpaired) electrons. The molecule has 2 rings (SSSR count). The fourth-order valence-corrected chi connectivity index (χ4v) is 2.68. The summed E-state index contributed by atoms with van der Waals surface area (Å²) in [6, 6.07) is 0. The summed E-state index contributed by atoms with van der Waals surface area (Å²) in [6.07, 6.45) is 11.3. The van der Waals surface area contributed by atoms with Gasteiger partial charge in [0.25, 0.3) is 0 Å². The third kappa shape index (κ3) is 1.66. The van der Waals surface area contributed by atoms with Crippen LogP contribution in [-0.4, -0.2) is 0 Å². The molecule has 0 aromatic rings. The van der Waals surface area contributed by atoms with Crippen molar-refractivity contribution in [2.75, 3.05) is 0 Å². The molecule has 2 atom stereocenters. The molecule has 1 fully saturated rings. The molecule has 0 saturated heterocycles. The predicted octanol–water partition coefficient (Wildman–Crippen LogP) is 3.53. The van der Waals surface area contributed by atoms with E-state index in [-0.39, 0.29) is 0 Å². The minimum atomic E-state index is 0.959. The molecule has 0 N–H and O–H groups in total. The zero-order valence-corrected chi connectivity index (χ0v) is 7.47. The molecule has 0 aromatic heterocycles. The summed E-state index contributed by atoms with van der Waals surface area (Å²) >= 11 is 0. The molecule has 0 spiro atoms. The number of allylic oxidation sites excluding steroid dienone is 2. The molecule has 1 saturated carbocycles. The van der Waals surface area contributed by atoms with E-state index in [0.29, 0.717) is 0 Å². The average Bonchev–Trinajstić information content (AvgIpc) is 2.34. The second-order valence-corrected chi connectivity index (χ2v) is 4.34. The lowest BCUT2D eigenvalue weighted by atomic mass is 9.93. The third-order valence-electron chi connectivity index (χ3n) is 3.29. The molecular weight excluding hydrogens is 132 g/mol. The van der Waals surface area contributed by atoms with Gasteiger partial charge in [0.1, 0.15) is 0 Å². The Morgan fingerprint density at radius 3 is 3.09 bits per heavy atom. The van der Waals surface area contributed by atoms with Crippen LogP contribution in [0.25, 0.3) is 0 Å². The highest BCUT2D eigenvalue weighted by Gasteiger charge is 2.24. The molecule has 2 bridgehead atoms. The minimum Gasteiger partial charge on any atom is -0.0825 e. The summed E-state index contributed by atoms with van der Waals surface area (Å²) in [7, 11) is 0. The predicted molar refractivity (Wildman–Crippen MR) is 48.4 cm³/mol. The standard InChI is InChI=1S/C11H18/c1-9-3-2-4-10-5-6-11(7-9)8-10/h7,10-11H,2-6,8H2,1H3. The Hall–Kier alpha value is -0.260. The van der Waals surface area contributed by atoms with Crippen molar-refractivity contribution in [3.63, 3.8) is 0 Å². The van der Waals surface area contributed by atoms with Gasteiger partial charge in [0.05, 0.1) is 0 Å². The van der Waals surface area contributed by atoms with Crippen molar-refractivity contribution >= 4 is 0 Å². The van der Waals surface area contributed by atoms with Crippen LogP contribution in [0.3, 0.4) is 0 Å². The normalized spacial score (nSPS) is 37.7. The summed E-state index contributed by atoms with van der Waals surface area (Å²) in [6.45, 7) is 2.30. The van der Waals surface area contributed by atoms with Gasteiger partial charge in [-0.3, -0.25) is 0 Å². The SMILES string of the molecule is CC1=CC2CCC(CCC1)C2. The molecule has 0 amide bonds. The molecule has 2 aliphatic carbocycles. The summed E-state index contributed by atoms with van der Waals surface area (Å²) in [4.78, 5) is 0. The van der Waals surface area contributed by atoms with E-state index in [4.69, 9.17) is 0 Å². The van der Waals surface area contributed by atoms with Crippen LogP contribution in [0.2, 0.25) is 0 Å². The quantitative estimate of drug-likeness (QED) is 0.463. The van der Waals surface area contributed by atoms with Gasteiger partial charge in [0.2, 0.25) is 0 Å². The van der Waals surface area contributed by atoms with Crippen LogP contribution in [-0.2, 0) is 0 Å². The van der Waals surface area contributed by atoms with E-state index in [1.54, 1.807) is 5.57 Å². The summed E-state index contributed by atoms with van der Waals surface area (Å²) in [5.74, 6) is 2.05. The van der Waals surface area contributed by atoms with Gasteiger partial charge < -0.3 is 0 Å². The first kappa shape index (κ1) is 7.39. The van der Waals surface area contributed by atoms with Crippen LogP contribution in [0.15, 0.2) is 11.6 Å². The van der Waals surface area contributed by atoms with Crippen molar-refractivity contribution in [3.8, 4) is 0 Å². The van der Waals surface area contributed by atoms with Gasteiger partial charge in [-0.2, -0.15) is 0 Å². The van der Waals surface area contributed by atoms with Gasteiger partial charge in [0.15, 0.2) is 0 Å². The lowest BCUT2D eigenvalue weighted by Crippen LogP contribution is -1.99. The topological polar surface area (TPSA) is 0 Å². The van der Waals surface area contributed by atoms with Crippen LogP contribution < -0.4 is 0 Å². The molecule has 0 aliphatic heterocycles. The van der Waals surface area contributed by atoms with Crippen LogP contribution in [0, 0.1) is 11.8 Å². The van der Waals surface area contributed by atoms with Crippen molar-refractivity contribution < 1.29 is 0 Å². The Morgan fingerprint density at radius 1 is 1.27 bits per heavy atom. The highest BCUT2D eigenvalue weighted by molar-refractivity contribution is 5.04. The Morgan fingerprint density at radius 2 is 2.18 bits per heavy atom. The van der Waals surface area contributed by atoms with Gasteiger partial charge >= 0.3 is 0 Å². The van der Waals surface area contributed by atoms with Crippen LogP contribution in [0.5, 0.6) is 0 Å². The maximum absolute atomic E-state index is 2.54. The highest BCUT2D eigenvalue weighted by Crippen LogP contribution is 2.37. The van der Waals surface area contributed by atoms with E-state index in [1.807, 2.05) is 0 Å². The maximum atomic E-state index is 2.54. The van der Waals surface area contributed by atoms with Crippen LogP contribution in [0.4, 0.5) is 0 Å². The van der Waals surface area contributed by atoms with Crippen molar-refractivity contribution in [2.24, 2.45) is 11.8 Å². The Kier molecular flexibility index (Phi) is 2.02. The van der Waals surface area contributed by atoms with Crippen molar-refractivity contribution in [1.29, 1.82) is 0 Å². The first-order valence-electron chi connectivity index (χ1n) is 5.02. The van der Waals surface area contributed by atoms with E-state index in [0.717, 1.165) is 11.8 Å². The Labute approximate surface area is 69.7 Å². The zero-order valence-electron chi connectivity index (χ0n) is 7.47. The maximum Gasteiger partial charge on any atom is -0.0228 e. The molecular formula is C11H18. The first-order chi connectivity index (χ1) is 5.34. The largest absolute Gasteiger partial charge is 0.0825 e. The van der Waals surface area contributed by atoms with Crippen molar-refractivity contribution in [3.05, 3.63) is 11.6 Å². The molecule has 2 aliphatic rings. The molecule has 0 heteroatoms. The number of hydrogen-bond donors (Lipinski definition) is 0. The zero-order chi connectivity index (χ0) is 7.68. The van der Waals surface area contributed by atoms with E-state index >= 15 is 0 Å². The Bertz CT molecular complexity index is 167. The van der Waals surface area contributed by atoms with E-state index in [2.05, 4.69) is 13.0 Å². The van der Waals surface area contributed by atoms with Gasteiger partial charge in [-0.05, 0) is 50.9 Å². The lowest BCUT2D eigenvalue weighted by Gasteiger charge is -2.13. The number of rotatable bonds is 0. The van der Waals surface area contributed by atoms with Crippen molar-refractivity contribution in [2.45, 2.75) is 45.4 Å². The first-order valence-corrected chi connectivity index (χ1v) is 5.02. The molecule has 11 heavy (non-hydrogen) atoms. The molecule has 62 valence electrons. The van der Waals surface area contributed by atoms with E-state index < -0.39 is 0 Å². The minimum absolute atomic E-state index is 0.959. The van der Waals surface area contributed by atoms with Gasteiger partial charge in [-0.15, -0.1) is 0 Å². The van der Waals surface area contributed by atoms with Crippen molar-refractivity contribution in [1.82, 2.24) is 0 Å². The second-order valence-electron chi connectivity index (χ2n) is 4.34. The van der Waals surface area contributed by atoms with E-state index in [9.17, 15) is 0 Å². The summed E-state index contributed by atoms with van der Waals surface area (Å²) < 4.78 is 0. The number of hydrogen-bond acceptors (Lipinski definition) is 0. The molecule has 0 heterocycles. The van der Waals surface area contributed by atoms with E-state index in [1.165, 1.54) is 38.5 Å². The fourth-order valence-electron chi connectivity index (χ4n) is 2.68. The molecule has 0 aromatic carbocycles. The van der Waals surface area contributed by atoms with Crippen LogP contribution >= 0.6 is 0 Å². The molecule has 0 nitrogen and oxygen atoms in total. The lowest BCUT2D eigenvalue weighted by molar-refractivity contribution is 0.464. The fraction of sp³-hybridized carbons (Fsp3) is 0.818. The third-order valence-corrected chi connectivity index (χ3v) is 3.29. The smallest absolute Gasteiger partial charge is 0.0228 e. The summed E-state index contributed by atoms with van der Waals surface area (Å²) in [5.41, 5.74) is 1.65. The monoisotopic (exact) mass is 150 g/mol. The van der Waals surface area contributed by atoms with Gasteiger partial charge in [0, 0.05) is 0 Å². The van der Waals surface area contributed by atoms with Crippen LogP contribution in [0.1, 0.15) is 45.4 Å². The second kappa shape index (κ2) is 3.00. The Balaban J connectivity index is 2.09. The number of fused-ring (bicyclic) bond motifs is 2. The average molecular weight is 150 g/mol. The highest BCUT2D eigenvalue weighted by atomic mass is 14.3. The van der Waals surface area contributed by atoms with Gasteiger partial charge in [-0.1, -0.05) is 18.1 Å². The molecule has 2 unspecified atom stereocenters.